The molecule has 1 N–H and O–H groups in total. The molecular formula is C19H16N2O2. The van der Waals surface area contributed by atoms with Crippen molar-refractivity contribution in [1.82, 2.24) is 9.97 Å². The number of benzene rings is 2. The number of aromatic amines is 1. The lowest BCUT2D eigenvalue weighted by Crippen LogP contribution is -2.21. The molecule has 0 saturated heterocycles. The minimum absolute atomic E-state index is 0.114. The van der Waals surface area contributed by atoms with Gasteiger partial charge in [-0.3, -0.25) is 9.59 Å². The summed E-state index contributed by atoms with van der Waals surface area (Å²) in [5, 5.41) is 0. The van der Waals surface area contributed by atoms with Crippen LogP contribution in [0.25, 0.3) is 11.0 Å². The predicted octanol–water partition coefficient (Wildman–Crippen LogP) is 3.64. The number of nitrogens with zero attached hydrogens (tertiary/aromatic N) is 1. The van der Waals surface area contributed by atoms with Crippen LogP contribution in [0.3, 0.4) is 0 Å². The van der Waals surface area contributed by atoms with Crippen molar-refractivity contribution in [3.8, 4) is 0 Å². The van der Waals surface area contributed by atoms with Crippen molar-refractivity contribution in [1.29, 1.82) is 0 Å². The van der Waals surface area contributed by atoms with Crippen molar-refractivity contribution >= 4 is 22.6 Å². The Labute approximate surface area is 133 Å². The lowest BCUT2D eigenvalue weighted by molar-refractivity contribution is 0.0980. The van der Waals surface area contributed by atoms with Gasteiger partial charge in [-0.05, 0) is 12.1 Å². The highest BCUT2D eigenvalue weighted by molar-refractivity contribution is 6.31. The van der Waals surface area contributed by atoms with Gasteiger partial charge in [-0.1, -0.05) is 45.0 Å². The summed E-state index contributed by atoms with van der Waals surface area (Å²) < 4.78 is 0. The fraction of sp³-hybridized carbons (Fsp3) is 0.211. The molecule has 23 heavy (non-hydrogen) atoms. The Morgan fingerprint density at radius 2 is 1.52 bits per heavy atom. The molecule has 4 nitrogen and oxygen atoms in total. The maximum atomic E-state index is 12.9. The van der Waals surface area contributed by atoms with E-state index in [1.807, 2.05) is 6.07 Å². The smallest absolute Gasteiger partial charge is 0.196 e. The van der Waals surface area contributed by atoms with Gasteiger partial charge in [-0.25, -0.2) is 4.98 Å². The van der Waals surface area contributed by atoms with Crippen LogP contribution in [0.4, 0.5) is 0 Å². The summed E-state index contributed by atoms with van der Waals surface area (Å²) in [6, 6.07) is 10.5. The molecule has 4 heteroatoms. The molecule has 0 fully saturated rings. The number of imidazole rings is 1. The Hall–Kier alpha value is -2.75. The van der Waals surface area contributed by atoms with Crippen molar-refractivity contribution in [3.05, 3.63) is 64.5 Å². The van der Waals surface area contributed by atoms with Gasteiger partial charge in [0.25, 0.3) is 0 Å². The summed E-state index contributed by atoms with van der Waals surface area (Å²) in [4.78, 5) is 33.5. The summed E-state index contributed by atoms with van der Waals surface area (Å²) in [6.45, 7) is 6.16. The highest BCUT2D eigenvalue weighted by atomic mass is 16.1. The van der Waals surface area contributed by atoms with Gasteiger partial charge in [0.1, 0.15) is 11.3 Å². The molecule has 0 saturated carbocycles. The van der Waals surface area contributed by atoms with Crippen LogP contribution < -0.4 is 0 Å². The molecule has 1 aliphatic rings. The van der Waals surface area contributed by atoms with Crippen LogP contribution in [0.1, 0.15) is 58.4 Å². The van der Waals surface area contributed by atoms with Gasteiger partial charge in [0, 0.05) is 22.1 Å². The molecule has 0 radical (unpaired) electrons. The molecule has 1 aromatic heterocycles. The minimum atomic E-state index is -0.161. The van der Waals surface area contributed by atoms with Crippen LogP contribution in [0.2, 0.25) is 0 Å². The van der Waals surface area contributed by atoms with E-state index in [4.69, 9.17) is 0 Å². The second-order valence-corrected chi connectivity index (χ2v) is 6.92. The summed E-state index contributed by atoms with van der Waals surface area (Å²) in [5.41, 5.74) is 2.99. The molecule has 2 aromatic carbocycles. The van der Waals surface area contributed by atoms with Gasteiger partial charge >= 0.3 is 0 Å². The number of ketones is 2. The van der Waals surface area contributed by atoms with E-state index in [0.29, 0.717) is 27.8 Å². The average molecular weight is 304 g/mol. The SMILES string of the molecule is CC(C)(C)c1nc2c3c(ccc2[nH]1)C(=O)c1ccccc1C3=O. The Balaban J connectivity index is 2.05. The molecule has 0 aliphatic heterocycles. The fourth-order valence-electron chi connectivity index (χ4n) is 3.01. The molecule has 0 spiro atoms. The molecule has 0 unspecified atom stereocenters. The molecule has 0 bridgehead atoms. The number of rotatable bonds is 0. The maximum absolute atomic E-state index is 12.9. The summed E-state index contributed by atoms with van der Waals surface area (Å²) in [6.07, 6.45) is 0. The zero-order valence-corrected chi connectivity index (χ0v) is 13.2. The number of carbonyl (C=O) groups is 2. The maximum Gasteiger partial charge on any atom is 0.196 e. The third-order valence-corrected chi connectivity index (χ3v) is 4.25. The Bertz CT molecular complexity index is 990. The van der Waals surface area contributed by atoms with Crippen LogP contribution >= 0.6 is 0 Å². The third kappa shape index (κ3) is 1.88. The van der Waals surface area contributed by atoms with E-state index in [1.54, 1.807) is 30.3 Å². The first kappa shape index (κ1) is 13.9. The summed E-state index contributed by atoms with van der Waals surface area (Å²) >= 11 is 0. The van der Waals surface area contributed by atoms with E-state index >= 15 is 0 Å². The summed E-state index contributed by atoms with van der Waals surface area (Å²) in [5.74, 6) is 0.560. The predicted molar refractivity (Wildman–Crippen MR) is 88.1 cm³/mol. The van der Waals surface area contributed by atoms with Crippen molar-refractivity contribution in [2.24, 2.45) is 0 Å². The number of hydrogen-bond donors (Lipinski definition) is 1. The van der Waals surface area contributed by atoms with Gasteiger partial charge in [0.15, 0.2) is 11.6 Å². The molecule has 3 aromatic rings. The van der Waals surface area contributed by atoms with Crippen LogP contribution in [0, 0.1) is 0 Å². The van der Waals surface area contributed by atoms with Crippen LogP contribution in [0.15, 0.2) is 36.4 Å². The van der Waals surface area contributed by atoms with Crippen molar-refractivity contribution in [2.45, 2.75) is 26.2 Å². The number of H-pyrrole nitrogens is 1. The average Bonchev–Trinajstić information content (AvgIpc) is 2.96. The highest BCUT2D eigenvalue weighted by Gasteiger charge is 2.32. The monoisotopic (exact) mass is 304 g/mol. The molecule has 1 heterocycles. The minimum Gasteiger partial charge on any atom is -0.342 e. The molecule has 114 valence electrons. The molecule has 4 rings (SSSR count). The van der Waals surface area contributed by atoms with Crippen LogP contribution in [-0.4, -0.2) is 21.5 Å². The highest BCUT2D eigenvalue weighted by Crippen LogP contribution is 2.33. The number of nitrogens with one attached hydrogen (secondary N) is 1. The fourth-order valence-corrected chi connectivity index (χ4v) is 3.01. The Morgan fingerprint density at radius 1 is 0.870 bits per heavy atom. The zero-order valence-electron chi connectivity index (χ0n) is 13.2. The van der Waals surface area contributed by atoms with Gasteiger partial charge in [0.05, 0.1) is 11.1 Å². The third-order valence-electron chi connectivity index (χ3n) is 4.25. The Morgan fingerprint density at radius 3 is 2.17 bits per heavy atom. The second-order valence-electron chi connectivity index (χ2n) is 6.92. The zero-order chi connectivity index (χ0) is 16.4. The largest absolute Gasteiger partial charge is 0.342 e. The van der Waals surface area contributed by atoms with E-state index in [2.05, 4.69) is 30.7 Å². The number of hydrogen-bond acceptors (Lipinski definition) is 3. The lowest BCUT2D eigenvalue weighted by Gasteiger charge is -2.17. The number of fused-ring (bicyclic) bond motifs is 4. The van der Waals surface area contributed by atoms with Gasteiger partial charge < -0.3 is 4.98 Å². The van der Waals surface area contributed by atoms with E-state index in [-0.39, 0.29) is 17.0 Å². The normalized spacial score (nSPS) is 14.0. The number of carbonyl (C=O) groups excluding carboxylic acids is 2. The van der Waals surface area contributed by atoms with Gasteiger partial charge in [-0.2, -0.15) is 0 Å². The van der Waals surface area contributed by atoms with Gasteiger partial charge in [-0.15, -0.1) is 0 Å². The van der Waals surface area contributed by atoms with E-state index < -0.39 is 0 Å². The van der Waals surface area contributed by atoms with E-state index in [9.17, 15) is 9.59 Å². The standard InChI is InChI=1S/C19H16N2O2/c1-19(2,3)18-20-13-9-8-12-14(15(13)21-18)17(23)11-7-5-4-6-10(11)16(12)22/h4-9H,1-3H3,(H,20,21). The van der Waals surface area contributed by atoms with Crippen LogP contribution in [-0.2, 0) is 5.41 Å². The quantitative estimate of drug-likeness (QED) is 0.539. The second kappa shape index (κ2) is 4.38. The van der Waals surface area contributed by atoms with E-state index in [0.717, 1.165) is 11.3 Å². The molecule has 1 aliphatic carbocycles. The first-order valence-electron chi connectivity index (χ1n) is 7.59. The van der Waals surface area contributed by atoms with E-state index in [1.165, 1.54) is 0 Å². The van der Waals surface area contributed by atoms with Crippen molar-refractivity contribution in [3.63, 3.8) is 0 Å². The number of aromatic nitrogens is 2. The van der Waals surface area contributed by atoms with Gasteiger partial charge in [0.2, 0.25) is 0 Å². The lowest BCUT2D eigenvalue weighted by atomic mass is 9.83. The molecule has 0 amide bonds. The topological polar surface area (TPSA) is 62.8 Å². The Kier molecular flexibility index (Phi) is 2.64. The van der Waals surface area contributed by atoms with Crippen LogP contribution in [0.5, 0.6) is 0 Å². The molecular weight excluding hydrogens is 288 g/mol. The van der Waals surface area contributed by atoms with Crippen molar-refractivity contribution in [2.75, 3.05) is 0 Å². The first-order chi connectivity index (χ1) is 10.9. The first-order valence-corrected chi connectivity index (χ1v) is 7.59. The molecule has 0 atom stereocenters. The van der Waals surface area contributed by atoms with Crippen molar-refractivity contribution < 1.29 is 9.59 Å². The summed E-state index contributed by atoms with van der Waals surface area (Å²) in [7, 11) is 0.